The number of rotatable bonds is 15. The molecule has 2 aromatic rings. The molecular formula is C24H35ClO2Si. The highest BCUT2D eigenvalue weighted by Crippen LogP contribution is 2.13. The van der Waals surface area contributed by atoms with Gasteiger partial charge < -0.3 is 8.85 Å². The zero-order valence-electron chi connectivity index (χ0n) is 17.2. The molecule has 0 unspecified atom stereocenters. The van der Waals surface area contributed by atoms with Crippen molar-refractivity contribution in [3.05, 3.63) is 60.7 Å². The maximum atomic E-state index is 6.67. The maximum Gasteiger partial charge on any atom is 0.407 e. The predicted molar refractivity (Wildman–Crippen MR) is 123 cm³/mol. The van der Waals surface area contributed by atoms with Crippen LogP contribution in [0.15, 0.2) is 60.7 Å². The van der Waals surface area contributed by atoms with Crippen LogP contribution >= 0.6 is 11.6 Å². The van der Waals surface area contributed by atoms with Gasteiger partial charge in [0.1, 0.15) is 0 Å². The Hall–Kier alpha value is -1.13. The lowest BCUT2D eigenvalue weighted by atomic mass is 10.1. The topological polar surface area (TPSA) is 18.5 Å². The third kappa shape index (κ3) is 7.36. The van der Waals surface area contributed by atoms with Crippen LogP contribution in [0.3, 0.4) is 0 Å². The van der Waals surface area contributed by atoms with Crippen LogP contribution in [0.25, 0.3) is 0 Å². The lowest BCUT2D eigenvalue weighted by Gasteiger charge is -2.31. The quantitative estimate of drug-likeness (QED) is 0.211. The van der Waals surface area contributed by atoms with Crippen molar-refractivity contribution in [2.24, 2.45) is 0 Å². The van der Waals surface area contributed by atoms with E-state index < -0.39 is 8.56 Å². The van der Waals surface area contributed by atoms with Crippen LogP contribution in [0.1, 0.15) is 58.3 Å². The van der Waals surface area contributed by atoms with Crippen LogP contribution in [0.5, 0.6) is 0 Å². The molecule has 0 aliphatic heterocycles. The standard InChI is InChI=1S/C24H35ClO2Si/c1-2-3-21-26-28(23-16-10-8-11-17-23,24-18-12-9-13-19-24)27-22-15-7-5-4-6-14-20-25/h8-13,16-19H,2-7,14-15,20-22H2,1H3. The van der Waals surface area contributed by atoms with Crippen molar-refractivity contribution in [2.45, 2.75) is 58.3 Å². The molecule has 0 bridgehead atoms. The van der Waals surface area contributed by atoms with E-state index in [4.69, 9.17) is 20.5 Å². The Kier molecular flexibility index (Phi) is 11.5. The summed E-state index contributed by atoms with van der Waals surface area (Å²) >= 11 is 5.75. The molecule has 0 aliphatic rings. The lowest BCUT2D eigenvalue weighted by molar-refractivity contribution is 0.185. The van der Waals surface area contributed by atoms with Crippen LogP contribution in [0, 0.1) is 0 Å². The first-order valence-electron chi connectivity index (χ1n) is 10.8. The third-order valence-corrected chi connectivity index (χ3v) is 8.62. The second kappa shape index (κ2) is 13.9. The van der Waals surface area contributed by atoms with Crippen molar-refractivity contribution in [1.82, 2.24) is 0 Å². The van der Waals surface area contributed by atoms with Crippen LogP contribution in [-0.2, 0) is 8.85 Å². The molecule has 0 amide bonds. The van der Waals surface area contributed by atoms with Gasteiger partial charge in [-0.25, -0.2) is 0 Å². The molecule has 0 saturated carbocycles. The largest absolute Gasteiger partial charge is 0.407 e. The summed E-state index contributed by atoms with van der Waals surface area (Å²) in [6, 6.07) is 21.1. The van der Waals surface area contributed by atoms with Gasteiger partial charge in [-0.15, -0.1) is 11.6 Å². The molecule has 0 spiro atoms. The molecule has 2 aromatic carbocycles. The van der Waals surface area contributed by atoms with Gasteiger partial charge in [-0.1, -0.05) is 99.7 Å². The normalized spacial score (nSPS) is 11.6. The number of unbranched alkanes of at least 4 members (excludes halogenated alkanes) is 6. The van der Waals surface area contributed by atoms with E-state index in [0.717, 1.165) is 44.8 Å². The molecule has 154 valence electrons. The average Bonchev–Trinajstić information content (AvgIpc) is 2.76. The van der Waals surface area contributed by atoms with Gasteiger partial charge in [-0.3, -0.25) is 0 Å². The van der Waals surface area contributed by atoms with E-state index in [1.807, 2.05) is 0 Å². The van der Waals surface area contributed by atoms with E-state index in [2.05, 4.69) is 67.6 Å². The Morgan fingerprint density at radius 2 is 1.11 bits per heavy atom. The Labute approximate surface area is 177 Å². The molecular weight excluding hydrogens is 384 g/mol. The highest BCUT2D eigenvalue weighted by Gasteiger charge is 2.42. The highest BCUT2D eigenvalue weighted by atomic mass is 35.5. The Balaban J connectivity index is 2.08. The molecule has 0 heterocycles. The van der Waals surface area contributed by atoms with Crippen LogP contribution in [0.4, 0.5) is 0 Å². The van der Waals surface area contributed by atoms with Crippen molar-refractivity contribution < 1.29 is 8.85 Å². The van der Waals surface area contributed by atoms with Gasteiger partial charge in [0.05, 0.1) is 0 Å². The van der Waals surface area contributed by atoms with E-state index >= 15 is 0 Å². The highest BCUT2D eigenvalue weighted by molar-refractivity contribution is 6.92. The molecule has 0 N–H and O–H groups in total. The summed E-state index contributed by atoms with van der Waals surface area (Å²) < 4.78 is 13.3. The van der Waals surface area contributed by atoms with E-state index in [9.17, 15) is 0 Å². The minimum atomic E-state index is -2.68. The van der Waals surface area contributed by atoms with E-state index in [0.29, 0.717) is 0 Å². The van der Waals surface area contributed by atoms with Crippen molar-refractivity contribution in [2.75, 3.05) is 19.1 Å². The summed E-state index contributed by atoms with van der Waals surface area (Å²) in [6.07, 6.45) is 9.33. The Bertz CT molecular complexity index is 582. The van der Waals surface area contributed by atoms with Gasteiger partial charge in [0.15, 0.2) is 0 Å². The van der Waals surface area contributed by atoms with E-state index in [1.54, 1.807) is 0 Å². The van der Waals surface area contributed by atoms with Gasteiger partial charge in [-0.2, -0.15) is 0 Å². The second-order valence-electron chi connectivity index (χ2n) is 7.21. The number of alkyl halides is 1. The monoisotopic (exact) mass is 418 g/mol. The average molecular weight is 419 g/mol. The molecule has 4 heteroatoms. The summed E-state index contributed by atoms with van der Waals surface area (Å²) in [5.74, 6) is 0.778. The zero-order chi connectivity index (χ0) is 19.9. The third-order valence-electron chi connectivity index (χ3n) is 4.94. The summed E-state index contributed by atoms with van der Waals surface area (Å²) in [5, 5.41) is 2.39. The number of halogens is 1. The van der Waals surface area contributed by atoms with Crippen molar-refractivity contribution in [3.8, 4) is 0 Å². The minimum Gasteiger partial charge on any atom is -0.388 e. The molecule has 0 aliphatic carbocycles. The van der Waals surface area contributed by atoms with Gasteiger partial charge in [0.2, 0.25) is 0 Å². The van der Waals surface area contributed by atoms with Crippen molar-refractivity contribution in [1.29, 1.82) is 0 Å². The molecule has 0 saturated heterocycles. The number of hydrogen-bond acceptors (Lipinski definition) is 2. The maximum absolute atomic E-state index is 6.67. The lowest BCUT2D eigenvalue weighted by Crippen LogP contribution is -2.63. The molecule has 0 fully saturated rings. The first kappa shape index (κ1) is 23.1. The second-order valence-corrected chi connectivity index (χ2v) is 10.6. The summed E-state index contributed by atoms with van der Waals surface area (Å²) in [7, 11) is -2.68. The zero-order valence-corrected chi connectivity index (χ0v) is 19.0. The first-order valence-corrected chi connectivity index (χ1v) is 13.1. The van der Waals surface area contributed by atoms with E-state index in [1.165, 1.54) is 36.1 Å². The SMILES string of the molecule is CCCCO[Si](OCCCCCCCCCl)(c1ccccc1)c1ccccc1. The van der Waals surface area contributed by atoms with Crippen molar-refractivity contribution in [3.63, 3.8) is 0 Å². The van der Waals surface area contributed by atoms with Gasteiger partial charge >= 0.3 is 8.56 Å². The Morgan fingerprint density at radius 3 is 1.61 bits per heavy atom. The fourth-order valence-corrected chi connectivity index (χ4v) is 6.74. The summed E-state index contributed by atoms with van der Waals surface area (Å²) in [5.41, 5.74) is 0. The van der Waals surface area contributed by atoms with Crippen LogP contribution in [-0.4, -0.2) is 27.7 Å². The van der Waals surface area contributed by atoms with Gasteiger partial charge in [0, 0.05) is 19.1 Å². The molecule has 0 atom stereocenters. The minimum absolute atomic E-state index is 0.741. The number of hydrogen-bond donors (Lipinski definition) is 0. The molecule has 28 heavy (non-hydrogen) atoms. The van der Waals surface area contributed by atoms with Crippen LogP contribution < -0.4 is 10.4 Å². The Morgan fingerprint density at radius 1 is 0.643 bits per heavy atom. The van der Waals surface area contributed by atoms with Crippen LogP contribution in [0.2, 0.25) is 0 Å². The summed E-state index contributed by atoms with van der Waals surface area (Å²) in [4.78, 5) is 0. The fourth-order valence-electron chi connectivity index (χ4n) is 3.34. The van der Waals surface area contributed by atoms with Gasteiger partial charge in [-0.05, 0) is 29.6 Å². The fraction of sp³-hybridized carbons (Fsp3) is 0.500. The van der Waals surface area contributed by atoms with Gasteiger partial charge in [0.25, 0.3) is 0 Å². The first-order chi connectivity index (χ1) is 13.8. The number of benzene rings is 2. The van der Waals surface area contributed by atoms with E-state index in [-0.39, 0.29) is 0 Å². The molecule has 0 radical (unpaired) electrons. The molecule has 2 nitrogen and oxygen atoms in total. The summed E-state index contributed by atoms with van der Waals surface area (Å²) in [6.45, 7) is 3.69. The predicted octanol–water partition coefficient (Wildman–Crippen LogP) is 5.66. The van der Waals surface area contributed by atoms with Crippen molar-refractivity contribution >= 4 is 30.5 Å². The molecule has 2 rings (SSSR count). The smallest absolute Gasteiger partial charge is 0.388 e. The molecule has 0 aromatic heterocycles.